The number of H-pyrrole nitrogens is 1. The van der Waals surface area contributed by atoms with Crippen LogP contribution >= 0.6 is 11.5 Å². The molecule has 2 heterocycles. The molecule has 3 rings (SSSR count). The molecule has 2 aromatic heterocycles. The van der Waals surface area contributed by atoms with Crippen LogP contribution in [0, 0.1) is 6.92 Å². The number of nitrogens with one attached hydrogen (secondary N) is 1. The molecule has 0 unspecified atom stereocenters. The van der Waals surface area contributed by atoms with Gasteiger partial charge in [0.15, 0.2) is 5.71 Å². The normalized spacial score (nSPS) is 12.1. The summed E-state index contributed by atoms with van der Waals surface area (Å²) in [6.45, 7) is 1.79. The topological polar surface area (TPSA) is 98.2 Å². The number of nitrogens with zero attached hydrogens (tertiary/aromatic N) is 5. The van der Waals surface area contributed by atoms with Crippen LogP contribution in [0.15, 0.2) is 35.7 Å². The minimum Gasteiger partial charge on any atom is -0.429 e. The van der Waals surface area contributed by atoms with Crippen molar-refractivity contribution in [1.29, 1.82) is 0 Å². The van der Waals surface area contributed by atoms with Crippen molar-refractivity contribution in [3.63, 3.8) is 0 Å². The third kappa shape index (κ3) is 2.93. The predicted molar refractivity (Wildman–Crippen MR) is 80.2 cm³/mol. The quantitative estimate of drug-likeness (QED) is 0.572. The molecule has 0 fully saturated rings. The SMILES string of the molecule is [2H]c1nsc(Oc2ccccc2/C(=N\OC)c2n[nH]c(C)n2)n1. The van der Waals surface area contributed by atoms with Crippen molar-refractivity contribution in [3.05, 3.63) is 47.8 Å². The van der Waals surface area contributed by atoms with Gasteiger partial charge in [-0.2, -0.15) is 14.5 Å². The Morgan fingerprint density at radius 3 is 2.95 bits per heavy atom. The fourth-order valence-electron chi connectivity index (χ4n) is 1.78. The Balaban J connectivity index is 2.02. The molecule has 0 aliphatic heterocycles. The molecule has 3 aromatic rings. The summed E-state index contributed by atoms with van der Waals surface area (Å²) in [7, 11) is 1.44. The molecule has 0 saturated carbocycles. The van der Waals surface area contributed by atoms with E-state index in [0.29, 0.717) is 28.7 Å². The van der Waals surface area contributed by atoms with E-state index in [4.69, 9.17) is 10.9 Å². The number of rotatable bonds is 5. The van der Waals surface area contributed by atoms with Crippen LogP contribution in [0.4, 0.5) is 0 Å². The molecule has 9 heteroatoms. The molecule has 0 atom stereocenters. The zero-order chi connectivity index (χ0) is 16.2. The number of hydrogen-bond donors (Lipinski definition) is 1. The van der Waals surface area contributed by atoms with Gasteiger partial charge in [0.25, 0.3) is 5.19 Å². The molecule has 0 bridgehead atoms. The summed E-state index contributed by atoms with van der Waals surface area (Å²) in [5.41, 5.74) is 1.05. The van der Waals surface area contributed by atoms with Crippen LogP contribution in [0.2, 0.25) is 0 Å². The minimum atomic E-state index is -0.0853. The maximum Gasteiger partial charge on any atom is 0.298 e. The van der Waals surface area contributed by atoms with Crippen LogP contribution in [0.5, 0.6) is 10.9 Å². The monoisotopic (exact) mass is 317 g/mol. The largest absolute Gasteiger partial charge is 0.429 e. The minimum absolute atomic E-state index is 0.0853. The number of ether oxygens (including phenoxy) is 1. The van der Waals surface area contributed by atoms with E-state index in [9.17, 15) is 0 Å². The fraction of sp³-hybridized carbons (Fsp3) is 0.154. The predicted octanol–water partition coefficient (Wildman–Crippen LogP) is 2.16. The van der Waals surface area contributed by atoms with Crippen LogP contribution in [0.1, 0.15) is 18.6 Å². The van der Waals surface area contributed by atoms with Crippen molar-refractivity contribution >= 4 is 17.2 Å². The first-order valence-corrected chi connectivity index (χ1v) is 7.03. The Morgan fingerprint density at radius 1 is 1.41 bits per heavy atom. The van der Waals surface area contributed by atoms with E-state index in [-0.39, 0.29) is 11.5 Å². The van der Waals surface area contributed by atoms with Gasteiger partial charge < -0.3 is 9.57 Å². The van der Waals surface area contributed by atoms with E-state index < -0.39 is 0 Å². The smallest absolute Gasteiger partial charge is 0.298 e. The highest BCUT2D eigenvalue weighted by atomic mass is 32.1. The van der Waals surface area contributed by atoms with Crippen molar-refractivity contribution < 1.29 is 10.9 Å². The van der Waals surface area contributed by atoms with E-state index in [1.165, 1.54) is 7.11 Å². The van der Waals surface area contributed by atoms with Crippen LogP contribution in [-0.2, 0) is 4.84 Å². The van der Waals surface area contributed by atoms with Crippen molar-refractivity contribution in [2.24, 2.45) is 5.16 Å². The zero-order valence-corrected chi connectivity index (χ0v) is 12.6. The molecule has 0 saturated heterocycles. The Labute approximate surface area is 131 Å². The second kappa shape index (κ2) is 6.31. The summed E-state index contributed by atoms with van der Waals surface area (Å²) >= 11 is 0.999. The Bertz CT molecular complexity index is 846. The second-order valence-corrected chi connectivity index (χ2v) is 4.84. The Hall–Kier alpha value is -2.81. The van der Waals surface area contributed by atoms with Gasteiger partial charge in [0.05, 0.1) is 5.56 Å². The molecule has 112 valence electrons. The molecule has 0 spiro atoms. The van der Waals surface area contributed by atoms with Gasteiger partial charge >= 0.3 is 0 Å². The van der Waals surface area contributed by atoms with E-state index in [2.05, 4.69) is 29.7 Å². The second-order valence-electron chi connectivity index (χ2n) is 4.13. The number of hydrogen-bond acceptors (Lipinski definition) is 8. The highest BCUT2D eigenvalue weighted by Crippen LogP contribution is 2.27. The van der Waals surface area contributed by atoms with Crippen molar-refractivity contribution in [2.75, 3.05) is 7.11 Å². The molecule has 22 heavy (non-hydrogen) atoms. The lowest BCUT2D eigenvalue weighted by atomic mass is 10.1. The average Bonchev–Trinajstić information content (AvgIpc) is 3.14. The fourth-order valence-corrected chi connectivity index (χ4v) is 2.15. The Morgan fingerprint density at radius 2 is 2.27 bits per heavy atom. The van der Waals surface area contributed by atoms with Crippen LogP contribution in [-0.4, -0.2) is 37.4 Å². The van der Waals surface area contributed by atoms with Crippen LogP contribution in [0.3, 0.4) is 0 Å². The highest BCUT2D eigenvalue weighted by Gasteiger charge is 2.18. The first kappa shape index (κ1) is 12.9. The summed E-state index contributed by atoms with van der Waals surface area (Å²) in [5, 5.41) is 11.1. The van der Waals surface area contributed by atoms with Crippen molar-refractivity contribution in [2.45, 2.75) is 6.92 Å². The summed E-state index contributed by atoms with van der Waals surface area (Å²) in [6.07, 6.45) is -0.0853. The lowest BCUT2D eigenvalue weighted by molar-refractivity contribution is 0.213. The highest BCUT2D eigenvalue weighted by molar-refractivity contribution is 7.07. The molecule has 1 aromatic carbocycles. The van der Waals surface area contributed by atoms with Gasteiger partial charge in [-0.3, -0.25) is 5.10 Å². The summed E-state index contributed by atoms with van der Waals surface area (Å²) in [4.78, 5) is 13.1. The third-order valence-corrected chi connectivity index (χ3v) is 3.14. The van der Waals surface area contributed by atoms with Gasteiger partial charge in [0.1, 0.15) is 26.4 Å². The van der Waals surface area contributed by atoms with Gasteiger partial charge in [-0.15, -0.1) is 0 Å². The average molecular weight is 317 g/mol. The first-order valence-electron chi connectivity index (χ1n) is 6.75. The van der Waals surface area contributed by atoms with E-state index in [0.717, 1.165) is 11.5 Å². The lowest BCUT2D eigenvalue weighted by Gasteiger charge is -2.08. The molecule has 8 nitrogen and oxygen atoms in total. The van der Waals surface area contributed by atoms with E-state index in [1.807, 2.05) is 18.2 Å². The number of oxime groups is 1. The van der Waals surface area contributed by atoms with Crippen LogP contribution < -0.4 is 4.74 Å². The van der Waals surface area contributed by atoms with Gasteiger partial charge in [-0.1, -0.05) is 17.3 Å². The van der Waals surface area contributed by atoms with E-state index >= 15 is 0 Å². The van der Waals surface area contributed by atoms with E-state index in [1.54, 1.807) is 13.0 Å². The standard InChI is InChI=1S/C13H12N6O2S/c1-8-16-12(18-17-8)11(19-20-2)9-5-3-4-6-10(9)21-13-14-7-15-22-13/h3-7H,1-2H3,(H,16,17,18)/b19-11+/i7D. The molecule has 0 aliphatic carbocycles. The third-order valence-electron chi connectivity index (χ3n) is 2.64. The molecule has 0 amide bonds. The van der Waals surface area contributed by atoms with Gasteiger partial charge in [-0.25, -0.2) is 4.98 Å². The summed E-state index contributed by atoms with van der Waals surface area (Å²) in [6, 6.07) is 7.21. The van der Waals surface area contributed by atoms with Crippen molar-refractivity contribution in [3.8, 4) is 10.9 Å². The molecule has 0 aliphatic rings. The maximum absolute atomic E-state index is 7.36. The number of aryl methyl sites for hydroxylation is 1. The number of para-hydroxylation sites is 1. The number of aromatic nitrogens is 5. The molecular weight excluding hydrogens is 304 g/mol. The molecule has 1 N–H and O–H groups in total. The molecular formula is C13H12N6O2S. The van der Waals surface area contributed by atoms with Gasteiger partial charge in [-0.05, 0) is 19.1 Å². The molecule has 0 radical (unpaired) electrons. The van der Waals surface area contributed by atoms with Crippen molar-refractivity contribution in [1.82, 2.24) is 24.5 Å². The first-order chi connectivity index (χ1) is 11.2. The van der Waals surface area contributed by atoms with Crippen LogP contribution in [0.25, 0.3) is 0 Å². The van der Waals surface area contributed by atoms with Gasteiger partial charge in [0, 0.05) is 11.5 Å². The van der Waals surface area contributed by atoms with Gasteiger partial charge in [0.2, 0.25) is 5.82 Å². The number of aromatic amines is 1. The summed E-state index contributed by atoms with van der Waals surface area (Å²) < 4.78 is 16.8. The maximum atomic E-state index is 7.36. The number of benzene rings is 1. The zero-order valence-electron chi connectivity index (χ0n) is 12.8. The lowest BCUT2D eigenvalue weighted by Crippen LogP contribution is -2.08. The Kier molecular flexibility index (Phi) is 3.70. The summed E-state index contributed by atoms with van der Waals surface area (Å²) in [5.74, 6) is 1.53.